The Morgan fingerprint density at radius 1 is 1.28 bits per heavy atom. The van der Waals surface area contributed by atoms with Gasteiger partial charge in [0.25, 0.3) is 5.56 Å². The molecule has 0 bridgehead atoms. The van der Waals surface area contributed by atoms with Gasteiger partial charge >= 0.3 is 5.97 Å². The number of nitrogens with zero attached hydrogens (tertiary/aromatic N) is 2. The van der Waals surface area contributed by atoms with Crippen LogP contribution in [0.5, 0.6) is 0 Å². The van der Waals surface area contributed by atoms with Crippen molar-refractivity contribution in [1.29, 1.82) is 0 Å². The van der Waals surface area contributed by atoms with Crippen molar-refractivity contribution < 1.29 is 9.53 Å². The first-order valence-corrected chi connectivity index (χ1v) is 9.31. The number of carbonyl (C=O) groups is 1. The number of ether oxygens (including phenoxy) is 1. The van der Waals surface area contributed by atoms with Crippen LogP contribution in [0.1, 0.15) is 20.8 Å². The molecule has 0 amide bonds. The Labute approximate surface area is 157 Å². The number of aromatic nitrogens is 2. The zero-order valence-corrected chi connectivity index (χ0v) is 16.5. The number of fused-ring (bicyclic) bond motifs is 1. The van der Waals surface area contributed by atoms with Crippen LogP contribution >= 0.6 is 27.3 Å². The summed E-state index contributed by atoms with van der Waals surface area (Å²) in [7, 11) is 0. The molecule has 0 aliphatic carbocycles. The second-order valence-electron chi connectivity index (χ2n) is 6.60. The predicted octanol–water partition coefficient (Wildman–Crippen LogP) is 4.23. The van der Waals surface area contributed by atoms with Crippen molar-refractivity contribution in [2.75, 3.05) is 0 Å². The summed E-state index contributed by atoms with van der Waals surface area (Å²) in [5.74, 6) is -0.458. The summed E-state index contributed by atoms with van der Waals surface area (Å²) in [6, 6.07) is 9.76. The highest BCUT2D eigenvalue weighted by atomic mass is 79.9. The van der Waals surface area contributed by atoms with E-state index in [1.54, 1.807) is 20.8 Å². The molecule has 3 rings (SSSR count). The van der Waals surface area contributed by atoms with Gasteiger partial charge in [-0.1, -0.05) is 28.1 Å². The summed E-state index contributed by atoms with van der Waals surface area (Å²) in [6.07, 6.45) is 1.40. The fourth-order valence-corrected chi connectivity index (χ4v) is 3.66. The van der Waals surface area contributed by atoms with E-state index in [9.17, 15) is 9.59 Å². The third-order valence-electron chi connectivity index (χ3n) is 3.35. The van der Waals surface area contributed by atoms with E-state index in [0.717, 1.165) is 14.9 Å². The minimum absolute atomic E-state index is 0.148. The zero-order valence-electron chi connectivity index (χ0n) is 14.1. The van der Waals surface area contributed by atoms with E-state index in [1.165, 1.54) is 22.2 Å². The minimum Gasteiger partial charge on any atom is -0.459 e. The number of benzene rings is 1. The average molecular weight is 421 g/mol. The van der Waals surface area contributed by atoms with Crippen LogP contribution in [0.3, 0.4) is 0 Å². The van der Waals surface area contributed by atoms with Crippen molar-refractivity contribution in [3.8, 4) is 10.4 Å². The minimum atomic E-state index is -0.587. The van der Waals surface area contributed by atoms with Gasteiger partial charge in [0.05, 0.1) is 11.8 Å². The van der Waals surface area contributed by atoms with Gasteiger partial charge in [-0.3, -0.25) is 14.2 Å². The maximum absolute atomic E-state index is 12.6. The largest absolute Gasteiger partial charge is 0.459 e. The van der Waals surface area contributed by atoms with E-state index in [-0.39, 0.29) is 12.1 Å². The first-order chi connectivity index (χ1) is 11.7. The second kappa shape index (κ2) is 6.72. The van der Waals surface area contributed by atoms with Gasteiger partial charge in [0.15, 0.2) is 0 Å². The van der Waals surface area contributed by atoms with Crippen molar-refractivity contribution in [3.05, 3.63) is 51.5 Å². The van der Waals surface area contributed by atoms with Crippen molar-refractivity contribution in [2.24, 2.45) is 0 Å². The van der Waals surface area contributed by atoms with E-state index >= 15 is 0 Å². The fraction of sp³-hybridized carbons (Fsp3) is 0.278. The van der Waals surface area contributed by atoms with Crippen LogP contribution < -0.4 is 5.56 Å². The number of halogens is 1. The number of rotatable bonds is 3. The van der Waals surface area contributed by atoms with E-state index in [2.05, 4.69) is 20.9 Å². The lowest BCUT2D eigenvalue weighted by molar-refractivity contribution is -0.155. The summed E-state index contributed by atoms with van der Waals surface area (Å²) in [5.41, 5.74) is 0.831. The predicted molar refractivity (Wildman–Crippen MR) is 103 cm³/mol. The summed E-state index contributed by atoms with van der Waals surface area (Å²) >= 11 is 4.79. The van der Waals surface area contributed by atoms with Crippen LogP contribution in [-0.2, 0) is 16.1 Å². The van der Waals surface area contributed by atoms with Crippen LogP contribution in [0, 0.1) is 0 Å². The van der Waals surface area contributed by atoms with Crippen LogP contribution in [0.25, 0.3) is 20.7 Å². The molecule has 2 aromatic heterocycles. The second-order valence-corrected chi connectivity index (χ2v) is 8.56. The molecule has 0 spiro atoms. The van der Waals surface area contributed by atoms with Crippen LogP contribution in [0.4, 0.5) is 0 Å². The van der Waals surface area contributed by atoms with E-state index in [4.69, 9.17) is 4.74 Å². The monoisotopic (exact) mass is 420 g/mol. The van der Waals surface area contributed by atoms with Gasteiger partial charge in [-0.05, 0) is 44.5 Å². The third kappa shape index (κ3) is 4.16. The summed E-state index contributed by atoms with van der Waals surface area (Å²) in [5, 5.41) is 0. The lowest BCUT2D eigenvalue weighted by atomic mass is 10.2. The quantitative estimate of drug-likeness (QED) is 0.594. The van der Waals surface area contributed by atoms with E-state index < -0.39 is 11.6 Å². The highest BCUT2D eigenvalue weighted by Gasteiger charge is 2.18. The maximum Gasteiger partial charge on any atom is 0.326 e. The molecule has 0 aliphatic heterocycles. The Morgan fingerprint density at radius 2 is 1.96 bits per heavy atom. The van der Waals surface area contributed by atoms with Gasteiger partial charge in [-0.2, -0.15) is 0 Å². The molecule has 7 heteroatoms. The molecule has 0 atom stereocenters. The van der Waals surface area contributed by atoms with E-state index in [1.807, 2.05) is 30.3 Å². The van der Waals surface area contributed by atoms with Crippen molar-refractivity contribution in [3.63, 3.8) is 0 Å². The molecule has 130 valence electrons. The number of hydrogen-bond acceptors (Lipinski definition) is 5. The summed E-state index contributed by atoms with van der Waals surface area (Å²) < 4.78 is 8.08. The van der Waals surface area contributed by atoms with Crippen molar-refractivity contribution in [2.45, 2.75) is 32.9 Å². The Morgan fingerprint density at radius 3 is 2.60 bits per heavy atom. The highest BCUT2D eigenvalue weighted by molar-refractivity contribution is 9.10. The van der Waals surface area contributed by atoms with Gasteiger partial charge in [-0.15, -0.1) is 11.3 Å². The Bertz CT molecular complexity index is 984. The Hall–Kier alpha value is -1.99. The number of esters is 1. The maximum atomic E-state index is 12.6. The molecule has 0 fully saturated rings. The first kappa shape index (κ1) is 17.8. The topological polar surface area (TPSA) is 61.2 Å². The standard InChI is InChI=1S/C18H17BrN2O3S/c1-18(2,3)24-15(22)9-21-10-20-13-8-14(25-16(13)17(21)23)11-4-6-12(19)7-5-11/h4-8,10H,9H2,1-3H3. The Kier molecular flexibility index (Phi) is 4.79. The van der Waals surface area contributed by atoms with Gasteiger partial charge in [-0.25, -0.2) is 4.98 Å². The van der Waals surface area contributed by atoms with Gasteiger partial charge in [0, 0.05) is 9.35 Å². The molecular formula is C18H17BrN2O3S. The number of carbonyl (C=O) groups excluding carboxylic acids is 1. The lowest BCUT2D eigenvalue weighted by Crippen LogP contribution is -2.30. The smallest absolute Gasteiger partial charge is 0.326 e. The molecule has 25 heavy (non-hydrogen) atoms. The highest BCUT2D eigenvalue weighted by Crippen LogP contribution is 2.31. The molecule has 1 aromatic carbocycles. The van der Waals surface area contributed by atoms with Gasteiger partial charge in [0.2, 0.25) is 0 Å². The SMILES string of the molecule is CC(C)(C)OC(=O)Cn1cnc2cc(-c3ccc(Br)cc3)sc2c1=O. The molecule has 0 unspecified atom stereocenters. The molecule has 5 nitrogen and oxygen atoms in total. The molecule has 2 heterocycles. The molecule has 0 aliphatic rings. The summed E-state index contributed by atoms with van der Waals surface area (Å²) in [6.45, 7) is 5.22. The van der Waals surface area contributed by atoms with Gasteiger partial charge in [0.1, 0.15) is 16.8 Å². The Balaban J connectivity index is 1.93. The molecule has 0 saturated carbocycles. The zero-order chi connectivity index (χ0) is 18.2. The van der Waals surface area contributed by atoms with Gasteiger partial charge < -0.3 is 4.74 Å². The number of thiophene rings is 1. The molecular weight excluding hydrogens is 404 g/mol. The average Bonchev–Trinajstić information content (AvgIpc) is 2.94. The third-order valence-corrected chi connectivity index (χ3v) is 5.04. The van der Waals surface area contributed by atoms with Crippen LogP contribution in [0.15, 0.2) is 45.9 Å². The molecule has 0 N–H and O–H groups in total. The fourth-order valence-electron chi connectivity index (χ4n) is 2.33. The van der Waals surface area contributed by atoms with E-state index in [0.29, 0.717) is 10.2 Å². The summed E-state index contributed by atoms with van der Waals surface area (Å²) in [4.78, 5) is 29.9. The van der Waals surface area contributed by atoms with Crippen LogP contribution in [-0.4, -0.2) is 21.1 Å². The molecule has 0 radical (unpaired) electrons. The lowest BCUT2D eigenvalue weighted by Gasteiger charge is -2.19. The first-order valence-electron chi connectivity index (χ1n) is 7.70. The normalized spacial score (nSPS) is 11.7. The molecule has 0 saturated heterocycles. The number of hydrogen-bond donors (Lipinski definition) is 0. The van der Waals surface area contributed by atoms with Crippen molar-refractivity contribution in [1.82, 2.24) is 9.55 Å². The van der Waals surface area contributed by atoms with Crippen molar-refractivity contribution >= 4 is 43.5 Å². The molecule has 3 aromatic rings. The van der Waals surface area contributed by atoms with Crippen LogP contribution in [0.2, 0.25) is 0 Å².